The molecule has 3 aromatic rings. The van der Waals surface area contributed by atoms with Crippen LogP contribution >= 0.6 is 0 Å². The number of aromatic nitrogens is 1. The third-order valence-corrected chi connectivity index (χ3v) is 4.03. The molecule has 2 aromatic heterocycles. The lowest BCUT2D eigenvalue weighted by molar-refractivity contribution is -0.384. The van der Waals surface area contributed by atoms with Gasteiger partial charge in [0.05, 0.1) is 17.1 Å². The van der Waals surface area contributed by atoms with Gasteiger partial charge in [-0.05, 0) is 43.7 Å². The van der Waals surface area contributed by atoms with E-state index in [2.05, 4.69) is 0 Å². The van der Waals surface area contributed by atoms with Crippen LogP contribution in [0.15, 0.2) is 48.8 Å². The molecule has 1 aromatic carbocycles. The average molecular weight is 352 g/mol. The Labute approximate surface area is 149 Å². The van der Waals surface area contributed by atoms with Gasteiger partial charge in [0.2, 0.25) is 0 Å². The Kier molecular flexibility index (Phi) is 4.53. The Hall–Kier alpha value is -3.48. The van der Waals surface area contributed by atoms with Gasteiger partial charge in [-0.25, -0.2) is 4.79 Å². The Morgan fingerprint density at radius 1 is 1.12 bits per heavy atom. The van der Waals surface area contributed by atoms with Crippen molar-refractivity contribution in [3.8, 4) is 0 Å². The van der Waals surface area contributed by atoms with Gasteiger partial charge in [0.1, 0.15) is 0 Å². The highest BCUT2D eigenvalue weighted by atomic mass is 16.6. The van der Waals surface area contributed by atoms with E-state index in [1.807, 2.05) is 0 Å². The van der Waals surface area contributed by atoms with E-state index in [1.54, 1.807) is 42.8 Å². The van der Waals surface area contributed by atoms with Crippen molar-refractivity contribution in [3.05, 3.63) is 81.2 Å². The lowest BCUT2D eigenvalue weighted by Gasteiger charge is -2.06. The van der Waals surface area contributed by atoms with Crippen molar-refractivity contribution in [2.75, 3.05) is 6.61 Å². The quantitative estimate of drug-likeness (QED) is 0.303. The molecule has 3 rings (SSSR count). The van der Waals surface area contributed by atoms with Gasteiger partial charge in [0.25, 0.3) is 5.69 Å². The van der Waals surface area contributed by atoms with Gasteiger partial charge in [-0.1, -0.05) is 0 Å². The van der Waals surface area contributed by atoms with Crippen LogP contribution in [0.25, 0.3) is 5.52 Å². The first-order valence-corrected chi connectivity index (χ1v) is 7.99. The minimum Gasteiger partial charge on any atom is -0.462 e. The number of ketones is 1. The molecular weight excluding hydrogens is 336 g/mol. The molecule has 2 heterocycles. The van der Waals surface area contributed by atoms with Crippen LogP contribution in [0.1, 0.15) is 38.8 Å². The van der Waals surface area contributed by atoms with E-state index in [9.17, 15) is 19.7 Å². The maximum absolute atomic E-state index is 12.6. The topological polar surface area (TPSA) is 90.9 Å². The van der Waals surface area contributed by atoms with Gasteiger partial charge in [-0.3, -0.25) is 14.9 Å². The number of ether oxygens (including phenoxy) is 1. The Morgan fingerprint density at radius 2 is 1.81 bits per heavy atom. The highest BCUT2D eigenvalue weighted by Gasteiger charge is 2.16. The van der Waals surface area contributed by atoms with Crippen LogP contribution in [0.4, 0.5) is 5.69 Å². The van der Waals surface area contributed by atoms with Crippen molar-refractivity contribution in [2.24, 2.45) is 0 Å². The number of pyridine rings is 1. The summed E-state index contributed by atoms with van der Waals surface area (Å²) in [6.45, 7) is 3.82. The molecule has 0 fully saturated rings. The van der Waals surface area contributed by atoms with Crippen molar-refractivity contribution in [1.29, 1.82) is 0 Å². The number of non-ortho nitro benzene ring substituents is 1. The number of rotatable bonds is 5. The average Bonchev–Trinajstić information content (AvgIpc) is 3.03. The summed E-state index contributed by atoms with van der Waals surface area (Å²) in [6.07, 6.45) is 3.43. The Bertz CT molecular complexity index is 1020. The zero-order valence-corrected chi connectivity index (χ0v) is 14.3. The number of esters is 1. The van der Waals surface area contributed by atoms with E-state index in [4.69, 9.17) is 4.74 Å². The van der Waals surface area contributed by atoms with Crippen LogP contribution in [-0.4, -0.2) is 27.7 Å². The molecular formula is C19H16N2O5. The molecule has 0 radical (unpaired) electrons. The fourth-order valence-corrected chi connectivity index (χ4v) is 2.72. The lowest BCUT2D eigenvalue weighted by atomic mass is 10.1. The summed E-state index contributed by atoms with van der Waals surface area (Å²) in [4.78, 5) is 34.8. The molecule has 0 bridgehead atoms. The number of nitrogens with zero attached hydrogens (tertiary/aromatic N) is 2. The maximum atomic E-state index is 12.6. The fourth-order valence-electron chi connectivity index (χ4n) is 2.72. The molecule has 0 unspecified atom stereocenters. The molecule has 0 spiro atoms. The van der Waals surface area contributed by atoms with Crippen molar-refractivity contribution in [1.82, 2.24) is 4.40 Å². The summed E-state index contributed by atoms with van der Waals surface area (Å²) >= 11 is 0. The van der Waals surface area contributed by atoms with Crippen LogP contribution in [0, 0.1) is 17.0 Å². The molecule has 0 atom stereocenters. The number of fused-ring (bicyclic) bond motifs is 1. The molecule has 0 aliphatic heterocycles. The summed E-state index contributed by atoms with van der Waals surface area (Å²) in [5.41, 5.74) is 2.59. The van der Waals surface area contributed by atoms with Crippen LogP contribution in [0.3, 0.4) is 0 Å². The molecule has 7 nitrogen and oxygen atoms in total. The van der Waals surface area contributed by atoms with Crippen LogP contribution < -0.4 is 0 Å². The van der Waals surface area contributed by atoms with E-state index in [0.29, 0.717) is 22.2 Å². The molecule has 0 aliphatic carbocycles. The van der Waals surface area contributed by atoms with Gasteiger partial charge in [0, 0.05) is 41.2 Å². The predicted molar refractivity (Wildman–Crippen MR) is 94.6 cm³/mol. The zero-order valence-electron chi connectivity index (χ0n) is 14.3. The monoisotopic (exact) mass is 352 g/mol. The first kappa shape index (κ1) is 17.3. The second-order valence-corrected chi connectivity index (χ2v) is 5.78. The van der Waals surface area contributed by atoms with E-state index < -0.39 is 10.9 Å². The molecule has 0 N–H and O–H groups in total. The number of aryl methyl sites for hydroxylation is 1. The van der Waals surface area contributed by atoms with E-state index in [1.165, 1.54) is 24.3 Å². The third-order valence-electron chi connectivity index (χ3n) is 4.03. The van der Waals surface area contributed by atoms with E-state index in [-0.39, 0.29) is 18.1 Å². The van der Waals surface area contributed by atoms with E-state index in [0.717, 1.165) is 5.56 Å². The molecule has 0 aliphatic rings. The van der Waals surface area contributed by atoms with Crippen molar-refractivity contribution >= 4 is 23.0 Å². The Balaban J connectivity index is 1.96. The standard InChI is InChI=1S/C19H16N2O5/c1-3-26-19(23)17-9-16-8-14(11-20(16)10-12(17)2)18(22)13-4-6-15(7-5-13)21(24)25/h4-11H,3H2,1-2H3. The number of nitro groups is 1. The fraction of sp³-hybridized carbons (Fsp3) is 0.158. The minimum absolute atomic E-state index is 0.0710. The number of carbonyl (C=O) groups is 2. The first-order valence-electron chi connectivity index (χ1n) is 7.99. The van der Waals surface area contributed by atoms with Crippen molar-refractivity contribution in [3.63, 3.8) is 0 Å². The number of hydrogen-bond donors (Lipinski definition) is 0. The van der Waals surface area contributed by atoms with Crippen LogP contribution in [0.2, 0.25) is 0 Å². The van der Waals surface area contributed by atoms with Gasteiger partial charge >= 0.3 is 5.97 Å². The van der Waals surface area contributed by atoms with E-state index >= 15 is 0 Å². The summed E-state index contributed by atoms with van der Waals surface area (Å²) in [5, 5.41) is 10.7. The van der Waals surface area contributed by atoms with Crippen molar-refractivity contribution < 1.29 is 19.2 Å². The van der Waals surface area contributed by atoms with Crippen LogP contribution in [0.5, 0.6) is 0 Å². The minimum atomic E-state index is -0.513. The number of nitro benzene ring substituents is 1. The predicted octanol–water partition coefficient (Wildman–Crippen LogP) is 3.56. The zero-order chi connectivity index (χ0) is 18.8. The largest absolute Gasteiger partial charge is 0.462 e. The Morgan fingerprint density at radius 3 is 2.42 bits per heavy atom. The molecule has 26 heavy (non-hydrogen) atoms. The lowest BCUT2D eigenvalue weighted by Crippen LogP contribution is -2.07. The van der Waals surface area contributed by atoms with Crippen LogP contribution in [-0.2, 0) is 4.74 Å². The normalized spacial score (nSPS) is 10.7. The first-order chi connectivity index (χ1) is 12.4. The van der Waals surface area contributed by atoms with Gasteiger partial charge < -0.3 is 9.14 Å². The van der Waals surface area contributed by atoms with Gasteiger partial charge in [0.15, 0.2) is 5.78 Å². The summed E-state index contributed by atoms with van der Waals surface area (Å²) in [7, 11) is 0. The number of carbonyl (C=O) groups excluding carboxylic acids is 2. The highest BCUT2D eigenvalue weighted by molar-refractivity contribution is 6.10. The number of hydrogen-bond acceptors (Lipinski definition) is 5. The molecule has 132 valence electrons. The maximum Gasteiger partial charge on any atom is 0.338 e. The smallest absolute Gasteiger partial charge is 0.338 e. The summed E-state index contributed by atoms with van der Waals surface area (Å²) in [6, 6.07) is 8.81. The molecule has 7 heteroatoms. The summed E-state index contributed by atoms with van der Waals surface area (Å²) in [5.74, 6) is -0.657. The van der Waals surface area contributed by atoms with Gasteiger partial charge in [-0.15, -0.1) is 0 Å². The molecule has 0 saturated heterocycles. The number of benzene rings is 1. The third kappa shape index (κ3) is 3.19. The molecule has 0 amide bonds. The highest BCUT2D eigenvalue weighted by Crippen LogP contribution is 2.20. The SMILES string of the molecule is CCOC(=O)c1cc2cc(C(=O)c3ccc([N+](=O)[O-])cc3)cn2cc1C. The second-order valence-electron chi connectivity index (χ2n) is 5.78. The van der Waals surface area contributed by atoms with Gasteiger partial charge in [-0.2, -0.15) is 0 Å². The summed E-state index contributed by atoms with van der Waals surface area (Å²) < 4.78 is 6.80. The van der Waals surface area contributed by atoms with Crippen molar-refractivity contribution in [2.45, 2.75) is 13.8 Å². The molecule has 0 saturated carbocycles. The second kappa shape index (κ2) is 6.79.